The average molecular weight is 326 g/mol. The lowest BCUT2D eigenvalue weighted by atomic mass is 10.1. The third kappa shape index (κ3) is 3.03. The minimum absolute atomic E-state index is 0.0599. The van der Waals surface area contributed by atoms with Crippen LogP contribution in [0.1, 0.15) is 22.3 Å². The van der Waals surface area contributed by atoms with Gasteiger partial charge >= 0.3 is 11.7 Å². The van der Waals surface area contributed by atoms with Crippen LogP contribution in [-0.2, 0) is 11.3 Å². The molecule has 3 rings (SSSR count). The molecule has 24 heavy (non-hydrogen) atoms. The summed E-state index contributed by atoms with van der Waals surface area (Å²) in [5.41, 5.74) is 2.20. The predicted octanol–water partition coefficient (Wildman–Crippen LogP) is 2.59. The van der Waals surface area contributed by atoms with Crippen LogP contribution in [0.2, 0.25) is 0 Å². The highest BCUT2D eigenvalue weighted by atomic mass is 16.5. The lowest BCUT2D eigenvalue weighted by Crippen LogP contribution is -2.18. The zero-order valence-electron chi connectivity index (χ0n) is 13.3. The van der Waals surface area contributed by atoms with Gasteiger partial charge in [-0.2, -0.15) is 0 Å². The Morgan fingerprint density at radius 1 is 1.21 bits per heavy atom. The predicted molar refractivity (Wildman–Crippen MR) is 90.3 cm³/mol. The van der Waals surface area contributed by atoms with Gasteiger partial charge in [-0.3, -0.25) is 4.57 Å². The van der Waals surface area contributed by atoms with E-state index in [1.807, 2.05) is 24.3 Å². The maximum absolute atomic E-state index is 12.0. The van der Waals surface area contributed by atoms with Crippen molar-refractivity contribution in [2.45, 2.75) is 19.9 Å². The molecule has 0 radical (unpaired) electrons. The number of H-pyrrole nitrogens is 1. The number of nitrogens with one attached hydrogen (secondary N) is 1. The standard InChI is InChI=1S/C18H18N2O4/c1-12-6-4-7-13(16(12)21)17(22)24-11-5-10-20-15-9-3-2-8-14(15)19-18(20)23/h2-4,6-9,21H,5,10-11H2,1H3,(H,19,23). The number of phenolic OH excluding ortho intramolecular Hbond substituents is 1. The number of ether oxygens (including phenoxy) is 1. The number of aryl methyl sites for hydroxylation is 2. The largest absolute Gasteiger partial charge is 0.507 e. The van der Waals surface area contributed by atoms with Crippen molar-refractivity contribution >= 4 is 17.0 Å². The average Bonchev–Trinajstić information content (AvgIpc) is 2.89. The van der Waals surface area contributed by atoms with Gasteiger partial charge in [0.2, 0.25) is 0 Å². The summed E-state index contributed by atoms with van der Waals surface area (Å²) in [4.78, 5) is 26.7. The SMILES string of the molecule is Cc1cccc(C(=O)OCCCn2c(=O)[nH]c3ccccc32)c1O. The van der Waals surface area contributed by atoms with Crippen molar-refractivity contribution in [3.05, 3.63) is 64.1 Å². The first-order valence-corrected chi connectivity index (χ1v) is 7.71. The summed E-state index contributed by atoms with van der Waals surface area (Å²) in [6.45, 7) is 2.32. The second-order valence-electron chi connectivity index (χ2n) is 5.56. The zero-order chi connectivity index (χ0) is 17.1. The molecule has 0 aliphatic rings. The van der Waals surface area contributed by atoms with E-state index in [0.29, 0.717) is 18.5 Å². The molecule has 0 aliphatic heterocycles. The molecule has 0 fully saturated rings. The van der Waals surface area contributed by atoms with Crippen LogP contribution in [-0.4, -0.2) is 27.2 Å². The van der Waals surface area contributed by atoms with E-state index >= 15 is 0 Å². The summed E-state index contributed by atoms with van der Waals surface area (Å²) in [6.07, 6.45) is 0.500. The van der Waals surface area contributed by atoms with Gasteiger partial charge in [-0.15, -0.1) is 0 Å². The molecular weight excluding hydrogens is 308 g/mol. The number of aromatic amines is 1. The summed E-state index contributed by atoms with van der Waals surface area (Å²) < 4.78 is 6.81. The summed E-state index contributed by atoms with van der Waals surface area (Å²) >= 11 is 0. The Kier molecular flexibility index (Phi) is 4.37. The van der Waals surface area contributed by atoms with Gasteiger partial charge in [-0.1, -0.05) is 24.3 Å². The van der Waals surface area contributed by atoms with Crippen molar-refractivity contribution < 1.29 is 14.6 Å². The molecule has 1 aromatic heterocycles. The van der Waals surface area contributed by atoms with Crippen LogP contribution >= 0.6 is 0 Å². The van der Waals surface area contributed by atoms with Crippen LogP contribution in [0, 0.1) is 6.92 Å². The molecule has 2 aromatic carbocycles. The van der Waals surface area contributed by atoms with E-state index < -0.39 is 5.97 Å². The normalized spacial score (nSPS) is 10.9. The van der Waals surface area contributed by atoms with Crippen molar-refractivity contribution in [2.75, 3.05) is 6.61 Å². The number of aromatic nitrogens is 2. The molecule has 0 unspecified atom stereocenters. The first-order chi connectivity index (χ1) is 11.6. The number of aromatic hydroxyl groups is 1. The Hall–Kier alpha value is -3.02. The molecule has 0 bridgehead atoms. The number of nitrogens with zero attached hydrogens (tertiary/aromatic N) is 1. The van der Waals surface area contributed by atoms with Crippen LogP contribution in [0.15, 0.2) is 47.3 Å². The van der Waals surface area contributed by atoms with Gasteiger partial charge in [0, 0.05) is 6.54 Å². The number of phenols is 1. The summed E-state index contributed by atoms with van der Waals surface area (Å²) in [5, 5.41) is 9.88. The second-order valence-corrected chi connectivity index (χ2v) is 5.56. The fourth-order valence-corrected chi connectivity index (χ4v) is 2.62. The van der Waals surface area contributed by atoms with E-state index in [1.165, 1.54) is 6.07 Å². The topological polar surface area (TPSA) is 84.3 Å². The molecule has 0 amide bonds. The molecule has 124 valence electrons. The molecule has 2 N–H and O–H groups in total. The van der Waals surface area contributed by atoms with Gasteiger partial charge in [0.1, 0.15) is 11.3 Å². The van der Waals surface area contributed by atoms with Crippen molar-refractivity contribution in [2.24, 2.45) is 0 Å². The molecule has 0 spiro atoms. The number of benzene rings is 2. The summed E-state index contributed by atoms with van der Waals surface area (Å²) in [6, 6.07) is 12.4. The number of carbonyl (C=O) groups is 1. The first-order valence-electron chi connectivity index (χ1n) is 7.71. The van der Waals surface area contributed by atoms with Crippen molar-refractivity contribution in [1.29, 1.82) is 0 Å². The number of imidazole rings is 1. The van der Waals surface area contributed by atoms with Crippen LogP contribution in [0.3, 0.4) is 0 Å². The molecular formula is C18H18N2O4. The Bertz CT molecular complexity index is 940. The van der Waals surface area contributed by atoms with Crippen LogP contribution in [0.25, 0.3) is 11.0 Å². The Labute approximate surface area is 138 Å². The van der Waals surface area contributed by atoms with Gasteiger partial charge in [0.15, 0.2) is 0 Å². The molecule has 0 aliphatic carbocycles. The minimum Gasteiger partial charge on any atom is -0.507 e. The van der Waals surface area contributed by atoms with Crippen LogP contribution in [0.5, 0.6) is 5.75 Å². The number of carbonyl (C=O) groups excluding carboxylic acids is 1. The highest BCUT2D eigenvalue weighted by Gasteiger charge is 2.14. The molecule has 6 nitrogen and oxygen atoms in total. The van der Waals surface area contributed by atoms with E-state index in [2.05, 4.69) is 4.98 Å². The van der Waals surface area contributed by atoms with Crippen LogP contribution < -0.4 is 5.69 Å². The highest BCUT2D eigenvalue weighted by Crippen LogP contribution is 2.22. The van der Waals surface area contributed by atoms with Gasteiger partial charge in [-0.25, -0.2) is 9.59 Å². The van der Waals surface area contributed by atoms with Gasteiger partial charge in [0.25, 0.3) is 0 Å². The molecule has 3 aromatic rings. The maximum atomic E-state index is 12.0. The third-order valence-electron chi connectivity index (χ3n) is 3.90. The van der Waals surface area contributed by atoms with Gasteiger partial charge in [0.05, 0.1) is 17.6 Å². The van der Waals surface area contributed by atoms with Crippen molar-refractivity contribution in [3.63, 3.8) is 0 Å². The van der Waals surface area contributed by atoms with Gasteiger partial charge < -0.3 is 14.8 Å². The van der Waals surface area contributed by atoms with Crippen molar-refractivity contribution in [3.8, 4) is 5.75 Å². The first kappa shape index (κ1) is 15.9. The summed E-state index contributed by atoms with van der Waals surface area (Å²) in [7, 11) is 0. The Morgan fingerprint density at radius 2 is 2.00 bits per heavy atom. The second kappa shape index (κ2) is 6.62. The Morgan fingerprint density at radius 3 is 2.83 bits per heavy atom. The number of hydrogen-bond donors (Lipinski definition) is 2. The van der Waals surface area contributed by atoms with E-state index in [4.69, 9.17) is 4.74 Å². The monoisotopic (exact) mass is 326 g/mol. The van der Waals surface area contributed by atoms with E-state index in [1.54, 1.807) is 23.6 Å². The smallest absolute Gasteiger partial charge is 0.341 e. The number of fused-ring (bicyclic) bond motifs is 1. The Balaban J connectivity index is 1.61. The van der Waals surface area contributed by atoms with E-state index in [-0.39, 0.29) is 23.6 Å². The highest BCUT2D eigenvalue weighted by molar-refractivity contribution is 5.92. The fraction of sp³-hybridized carbons (Fsp3) is 0.222. The lowest BCUT2D eigenvalue weighted by molar-refractivity contribution is 0.0492. The third-order valence-corrected chi connectivity index (χ3v) is 3.90. The van der Waals surface area contributed by atoms with E-state index in [0.717, 1.165) is 11.0 Å². The molecule has 6 heteroatoms. The minimum atomic E-state index is -0.567. The number of hydrogen-bond acceptors (Lipinski definition) is 4. The molecule has 0 saturated heterocycles. The quantitative estimate of drug-likeness (QED) is 0.557. The van der Waals surface area contributed by atoms with Crippen LogP contribution in [0.4, 0.5) is 0 Å². The molecule has 0 saturated carbocycles. The maximum Gasteiger partial charge on any atom is 0.341 e. The molecule has 0 atom stereocenters. The lowest BCUT2D eigenvalue weighted by Gasteiger charge is -2.08. The molecule has 1 heterocycles. The zero-order valence-corrected chi connectivity index (χ0v) is 13.3. The fourth-order valence-electron chi connectivity index (χ4n) is 2.62. The number of rotatable bonds is 5. The summed E-state index contributed by atoms with van der Waals surface area (Å²) in [5.74, 6) is -0.627. The number of esters is 1. The van der Waals surface area contributed by atoms with E-state index in [9.17, 15) is 14.7 Å². The van der Waals surface area contributed by atoms with Crippen molar-refractivity contribution in [1.82, 2.24) is 9.55 Å². The number of para-hydroxylation sites is 3. The van der Waals surface area contributed by atoms with Gasteiger partial charge in [-0.05, 0) is 37.1 Å².